The number of hydrogen-bond acceptors (Lipinski definition) is 8. The van der Waals surface area contributed by atoms with Crippen LogP contribution in [0.5, 0.6) is 5.75 Å². The van der Waals surface area contributed by atoms with Crippen LogP contribution in [0.1, 0.15) is 16.9 Å². The number of thioether (sulfide) groups is 1. The van der Waals surface area contributed by atoms with E-state index in [9.17, 15) is 14.9 Å². The molecule has 0 radical (unpaired) electrons. The number of nitro groups is 1. The maximum atomic E-state index is 13.1. The largest absolute Gasteiger partial charge is 0.497 e. The van der Waals surface area contributed by atoms with Crippen molar-refractivity contribution in [2.75, 3.05) is 7.11 Å². The molecule has 1 fully saturated rings. The van der Waals surface area contributed by atoms with Crippen LogP contribution >= 0.6 is 11.8 Å². The second kappa shape index (κ2) is 9.96. The van der Waals surface area contributed by atoms with Gasteiger partial charge in [-0.05, 0) is 65.4 Å². The molecule has 0 unspecified atom stereocenters. The van der Waals surface area contributed by atoms with Gasteiger partial charge in [0.2, 0.25) is 0 Å². The lowest BCUT2D eigenvalue weighted by atomic mass is 10.2. The number of nitro benzene ring substituents is 1. The molecule has 1 saturated heterocycles. The molecule has 0 atom stereocenters. The molecule has 0 spiro atoms. The van der Waals surface area contributed by atoms with Gasteiger partial charge >= 0.3 is 0 Å². The highest BCUT2D eigenvalue weighted by atomic mass is 32.2. The topological polar surface area (TPSA) is 111 Å². The van der Waals surface area contributed by atoms with E-state index in [0.717, 1.165) is 23.1 Å². The van der Waals surface area contributed by atoms with Crippen molar-refractivity contribution in [3.8, 4) is 5.75 Å². The number of ether oxygens (including phenoxy) is 1. The molecule has 2 heterocycles. The molecule has 9 nitrogen and oxygen atoms in total. The molecule has 3 aromatic rings. The molecule has 0 aliphatic carbocycles. The van der Waals surface area contributed by atoms with Gasteiger partial charge in [0.1, 0.15) is 11.5 Å². The Morgan fingerprint density at radius 3 is 2.67 bits per heavy atom. The predicted octanol–water partition coefficient (Wildman–Crippen LogP) is 4.70. The fourth-order valence-electron chi connectivity index (χ4n) is 2.99. The molecule has 0 N–H and O–H groups in total. The number of furan rings is 1. The van der Waals surface area contributed by atoms with Crippen molar-refractivity contribution in [3.63, 3.8) is 0 Å². The summed E-state index contributed by atoms with van der Waals surface area (Å²) in [5.74, 6) is 1.03. The van der Waals surface area contributed by atoms with Gasteiger partial charge in [0, 0.05) is 12.1 Å². The first-order valence-electron chi connectivity index (χ1n) is 9.77. The summed E-state index contributed by atoms with van der Waals surface area (Å²) in [6, 6.07) is 16.9. The van der Waals surface area contributed by atoms with E-state index >= 15 is 0 Å². The van der Waals surface area contributed by atoms with Gasteiger partial charge in [0.25, 0.3) is 11.6 Å². The molecule has 166 valence electrons. The quantitative estimate of drug-likeness (QED) is 0.218. The Morgan fingerprint density at radius 2 is 1.97 bits per heavy atom. The summed E-state index contributed by atoms with van der Waals surface area (Å²) in [7, 11) is 1.59. The normalized spacial score (nSPS) is 16.3. The van der Waals surface area contributed by atoms with Gasteiger partial charge in [0.05, 0.1) is 36.0 Å². The Labute approximate surface area is 193 Å². The lowest BCUT2D eigenvalue weighted by Crippen LogP contribution is -2.28. The molecule has 1 aliphatic heterocycles. The van der Waals surface area contributed by atoms with E-state index < -0.39 is 4.92 Å². The third-order valence-electron chi connectivity index (χ3n) is 4.63. The van der Waals surface area contributed by atoms with E-state index in [0.29, 0.717) is 21.4 Å². The SMILES string of the molecule is COc1ccc(/C=N\N=C2\S/C(=C\c3cccc([N+](=O)[O-])c3)C(=O)N2Cc2ccco2)cc1. The molecule has 2 aromatic carbocycles. The molecule has 0 saturated carbocycles. The predicted molar refractivity (Wildman–Crippen MR) is 126 cm³/mol. The molecule has 4 rings (SSSR count). The summed E-state index contributed by atoms with van der Waals surface area (Å²) < 4.78 is 10.5. The smallest absolute Gasteiger partial charge is 0.270 e. The van der Waals surface area contributed by atoms with Crippen LogP contribution in [-0.2, 0) is 11.3 Å². The maximum Gasteiger partial charge on any atom is 0.270 e. The van der Waals surface area contributed by atoms with Crippen LogP contribution in [0.2, 0.25) is 0 Å². The first kappa shape index (κ1) is 22.0. The molecular formula is C23H18N4O5S. The average Bonchev–Trinajstić information content (AvgIpc) is 3.44. The highest BCUT2D eigenvalue weighted by Crippen LogP contribution is 2.34. The second-order valence-electron chi connectivity index (χ2n) is 6.83. The molecule has 1 aliphatic rings. The van der Waals surface area contributed by atoms with Gasteiger partial charge in [-0.25, -0.2) is 0 Å². The van der Waals surface area contributed by atoms with E-state index in [1.165, 1.54) is 23.3 Å². The van der Waals surface area contributed by atoms with Crippen LogP contribution in [0.15, 0.2) is 86.5 Å². The Bertz CT molecular complexity index is 1250. The minimum absolute atomic E-state index is 0.0507. The number of amides is 1. The van der Waals surface area contributed by atoms with Crippen molar-refractivity contribution in [3.05, 3.63) is 98.8 Å². The van der Waals surface area contributed by atoms with Crippen molar-refractivity contribution in [1.29, 1.82) is 0 Å². The zero-order valence-corrected chi connectivity index (χ0v) is 18.3. The third-order valence-corrected chi connectivity index (χ3v) is 5.62. The number of nitrogens with zero attached hydrogens (tertiary/aromatic N) is 4. The Morgan fingerprint density at radius 1 is 1.15 bits per heavy atom. The standard InChI is InChI=1S/C23H18N4O5S/c1-31-19-9-7-16(8-10-19)14-24-25-23-26(15-20-6-3-11-32-20)22(28)21(33-23)13-17-4-2-5-18(12-17)27(29)30/h2-14H,15H2,1H3/b21-13-,24-14-,25-23+. The van der Waals surface area contributed by atoms with Crippen LogP contribution in [0, 0.1) is 10.1 Å². The summed E-state index contributed by atoms with van der Waals surface area (Å²) in [6.07, 6.45) is 4.71. The van der Waals surface area contributed by atoms with Crippen molar-refractivity contribution >= 4 is 40.8 Å². The van der Waals surface area contributed by atoms with Crippen LogP contribution in [-0.4, -0.2) is 34.2 Å². The Hall–Kier alpha value is -4.18. The van der Waals surface area contributed by atoms with Crippen molar-refractivity contribution in [1.82, 2.24) is 4.90 Å². The van der Waals surface area contributed by atoms with E-state index in [1.807, 2.05) is 24.3 Å². The number of methoxy groups -OCH3 is 1. The summed E-state index contributed by atoms with van der Waals surface area (Å²) in [5.41, 5.74) is 1.31. The van der Waals surface area contributed by atoms with Gasteiger partial charge in [-0.1, -0.05) is 12.1 Å². The van der Waals surface area contributed by atoms with Crippen LogP contribution in [0.4, 0.5) is 5.69 Å². The molecule has 1 amide bonds. The number of carbonyl (C=O) groups excluding carboxylic acids is 1. The first-order valence-corrected chi connectivity index (χ1v) is 10.6. The fourth-order valence-corrected chi connectivity index (χ4v) is 3.93. The van der Waals surface area contributed by atoms with Crippen molar-refractivity contribution in [2.45, 2.75) is 6.54 Å². The third kappa shape index (κ3) is 5.36. The van der Waals surface area contributed by atoms with Gasteiger partial charge in [-0.3, -0.25) is 19.8 Å². The summed E-state index contributed by atoms with van der Waals surface area (Å²) in [6.45, 7) is 0.183. The minimum atomic E-state index is -0.477. The Kier molecular flexibility index (Phi) is 6.65. The molecule has 1 aromatic heterocycles. The molecular weight excluding hydrogens is 444 g/mol. The lowest BCUT2D eigenvalue weighted by Gasteiger charge is -2.12. The number of carbonyl (C=O) groups is 1. The highest BCUT2D eigenvalue weighted by Gasteiger charge is 2.34. The average molecular weight is 462 g/mol. The van der Waals surface area contributed by atoms with Gasteiger partial charge in [-0.15, -0.1) is 5.10 Å². The zero-order valence-electron chi connectivity index (χ0n) is 17.5. The molecule has 0 bridgehead atoms. The van der Waals surface area contributed by atoms with E-state index in [4.69, 9.17) is 9.15 Å². The zero-order chi connectivity index (χ0) is 23.2. The fraction of sp³-hybridized carbons (Fsp3) is 0.0870. The first-order chi connectivity index (χ1) is 16.0. The molecule has 10 heteroatoms. The summed E-state index contributed by atoms with van der Waals surface area (Å²) in [5, 5.41) is 19.8. The van der Waals surface area contributed by atoms with E-state index in [1.54, 1.807) is 43.7 Å². The monoisotopic (exact) mass is 462 g/mol. The van der Waals surface area contributed by atoms with E-state index in [-0.39, 0.29) is 18.1 Å². The number of hydrogen-bond donors (Lipinski definition) is 0. The van der Waals surface area contributed by atoms with Crippen LogP contribution in [0.3, 0.4) is 0 Å². The number of non-ortho nitro benzene ring substituents is 1. The van der Waals surface area contributed by atoms with Crippen LogP contribution in [0.25, 0.3) is 6.08 Å². The van der Waals surface area contributed by atoms with Gasteiger partial charge < -0.3 is 9.15 Å². The molecule has 33 heavy (non-hydrogen) atoms. The lowest BCUT2D eigenvalue weighted by molar-refractivity contribution is -0.384. The highest BCUT2D eigenvalue weighted by molar-refractivity contribution is 8.18. The van der Waals surface area contributed by atoms with Crippen LogP contribution < -0.4 is 4.74 Å². The number of amidine groups is 1. The Balaban J connectivity index is 1.61. The van der Waals surface area contributed by atoms with Crippen molar-refractivity contribution in [2.24, 2.45) is 10.2 Å². The van der Waals surface area contributed by atoms with Crippen molar-refractivity contribution < 1.29 is 18.9 Å². The second-order valence-corrected chi connectivity index (χ2v) is 7.84. The van der Waals surface area contributed by atoms with Gasteiger partial charge in [-0.2, -0.15) is 5.10 Å². The summed E-state index contributed by atoms with van der Waals surface area (Å²) in [4.78, 5) is 25.5. The van der Waals surface area contributed by atoms with E-state index in [2.05, 4.69) is 10.2 Å². The van der Waals surface area contributed by atoms with Gasteiger partial charge in [0.15, 0.2) is 5.17 Å². The minimum Gasteiger partial charge on any atom is -0.497 e. The maximum absolute atomic E-state index is 13.1. The number of rotatable bonds is 7. The number of benzene rings is 2. The summed E-state index contributed by atoms with van der Waals surface area (Å²) >= 11 is 1.14.